The van der Waals surface area contributed by atoms with Crippen LogP contribution < -0.4 is 0 Å². The van der Waals surface area contributed by atoms with Gasteiger partial charge in [0.05, 0.1) is 0 Å². The van der Waals surface area contributed by atoms with Gasteiger partial charge in [-0.25, -0.2) is 0 Å². The fourth-order valence-corrected chi connectivity index (χ4v) is 1.03. The quantitative estimate of drug-likeness (QED) is 0.724. The predicted molar refractivity (Wildman–Crippen MR) is 67.4 cm³/mol. The Bertz CT molecular complexity index is 199. The van der Waals surface area contributed by atoms with E-state index in [1.54, 1.807) is 0 Å². The third-order valence-corrected chi connectivity index (χ3v) is 1.43. The zero-order valence-corrected chi connectivity index (χ0v) is 12.6. The van der Waals surface area contributed by atoms with Crippen LogP contribution in [0.15, 0.2) is 24.3 Å². The van der Waals surface area contributed by atoms with Crippen molar-refractivity contribution in [2.45, 2.75) is 20.3 Å². The van der Waals surface area contributed by atoms with Gasteiger partial charge in [0.2, 0.25) is 0 Å². The first-order valence-corrected chi connectivity index (χ1v) is 12.1. The van der Waals surface area contributed by atoms with Crippen molar-refractivity contribution >= 4 is 41.8 Å². The van der Waals surface area contributed by atoms with E-state index in [9.17, 15) is 0 Å². The number of hydrogen-bond acceptors (Lipinski definition) is 0. The number of halogens is 2. The maximum absolute atomic E-state index is 3.20. The van der Waals surface area contributed by atoms with Crippen molar-refractivity contribution in [2.24, 2.45) is 5.92 Å². The number of hydrogen-bond donors (Lipinski definition) is 0. The van der Waals surface area contributed by atoms with E-state index in [1.807, 2.05) is 12.1 Å². The summed E-state index contributed by atoms with van der Waals surface area (Å²) < 4.78 is 0. The van der Waals surface area contributed by atoms with Gasteiger partial charge in [-0.1, -0.05) is 38.1 Å². The van der Waals surface area contributed by atoms with Crippen molar-refractivity contribution < 1.29 is 0 Å². The molecular formula is C10H13Br2Mg. The monoisotopic (exact) mass is 315 g/mol. The highest BCUT2D eigenvalue weighted by Gasteiger charge is 1.94. The van der Waals surface area contributed by atoms with Crippen LogP contribution in [-0.4, -0.2) is 16.0 Å². The Labute approximate surface area is 103 Å². The maximum atomic E-state index is 3.20. The van der Waals surface area contributed by atoms with Crippen molar-refractivity contribution in [1.29, 1.82) is 0 Å². The van der Waals surface area contributed by atoms with Crippen LogP contribution in [0.1, 0.15) is 19.4 Å². The molecular weight excluding hydrogens is 304 g/mol. The Balaban J connectivity index is 0.000000424. The van der Waals surface area contributed by atoms with Crippen LogP contribution >= 0.6 is 25.8 Å². The summed E-state index contributed by atoms with van der Waals surface area (Å²) in [7, 11) is 0. The van der Waals surface area contributed by atoms with Crippen LogP contribution in [-0.2, 0) is 6.42 Å². The van der Waals surface area contributed by atoms with E-state index < -0.39 is 0 Å². The van der Waals surface area contributed by atoms with Gasteiger partial charge in [-0.3, -0.25) is 25.8 Å². The highest BCUT2D eigenvalue weighted by atomic mass is 79.9. The molecule has 0 amide bonds. The van der Waals surface area contributed by atoms with E-state index in [1.165, 1.54) is 12.0 Å². The molecule has 0 fully saturated rings. The SMILES string of the molecule is CC(C)Cc1cc[c]cc1.[Br][Mg][Br]. The summed E-state index contributed by atoms with van der Waals surface area (Å²) in [4.78, 5) is 0. The molecule has 0 nitrogen and oxygen atoms in total. The van der Waals surface area contributed by atoms with Gasteiger partial charge in [0.1, 0.15) is 0 Å². The topological polar surface area (TPSA) is 0 Å². The normalized spacial score (nSPS) is 8.69. The molecule has 0 bridgehead atoms. The molecule has 69 valence electrons. The van der Waals surface area contributed by atoms with Crippen LogP contribution in [0.25, 0.3) is 0 Å². The van der Waals surface area contributed by atoms with E-state index in [0.29, 0.717) is 0 Å². The Morgan fingerprint density at radius 3 is 2.15 bits per heavy atom. The third-order valence-electron chi connectivity index (χ3n) is 1.43. The molecule has 0 aliphatic rings. The molecule has 1 aromatic rings. The van der Waals surface area contributed by atoms with Crippen molar-refractivity contribution in [2.75, 3.05) is 0 Å². The molecule has 0 aliphatic heterocycles. The Morgan fingerprint density at radius 1 is 1.31 bits per heavy atom. The lowest BCUT2D eigenvalue weighted by Gasteiger charge is -2.02. The highest BCUT2D eigenvalue weighted by molar-refractivity contribution is 9.47. The summed E-state index contributed by atoms with van der Waals surface area (Å²) in [5.41, 5.74) is 1.41. The minimum absolute atomic E-state index is 0.0417. The van der Waals surface area contributed by atoms with Gasteiger partial charge in [-0.15, -0.1) is 0 Å². The van der Waals surface area contributed by atoms with Crippen LogP contribution in [0.5, 0.6) is 0 Å². The Kier molecular flexibility index (Phi) is 10.2. The summed E-state index contributed by atoms with van der Waals surface area (Å²) in [5, 5.41) is 0. The van der Waals surface area contributed by atoms with Gasteiger partial charge in [0.25, 0.3) is 0 Å². The molecule has 0 heterocycles. The molecule has 0 spiro atoms. The van der Waals surface area contributed by atoms with Gasteiger partial charge >= 0.3 is 16.0 Å². The van der Waals surface area contributed by atoms with Crippen molar-refractivity contribution in [3.63, 3.8) is 0 Å². The van der Waals surface area contributed by atoms with E-state index in [-0.39, 0.29) is 16.0 Å². The number of rotatable bonds is 2. The zero-order chi connectivity index (χ0) is 10.1. The van der Waals surface area contributed by atoms with E-state index in [0.717, 1.165) is 5.92 Å². The van der Waals surface area contributed by atoms with E-state index >= 15 is 0 Å². The van der Waals surface area contributed by atoms with Crippen molar-refractivity contribution in [1.82, 2.24) is 0 Å². The lowest BCUT2D eigenvalue weighted by atomic mass is 10.0. The number of benzene rings is 1. The Morgan fingerprint density at radius 2 is 1.77 bits per heavy atom. The summed E-state index contributed by atoms with van der Waals surface area (Å²) in [6.07, 6.45) is 1.18. The maximum Gasteiger partial charge on any atom is 0.560 e. The molecule has 3 heteroatoms. The first-order chi connectivity index (χ1) is 6.20. The summed E-state index contributed by atoms with van der Waals surface area (Å²) in [6, 6.07) is 11.2. The van der Waals surface area contributed by atoms with Crippen LogP contribution in [0, 0.1) is 12.0 Å². The lowest BCUT2D eigenvalue weighted by Crippen LogP contribution is -1.92. The Hall–Kier alpha value is 0.946. The van der Waals surface area contributed by atoms with Crippen LogP contribution in [0.3, 0.4) is 0 Å². The molecule has 1 aromatic carbocycles. The zero-order valence-electron chi connectivity index (χ0n) is 8.06. The molecule has 0 aromatic heterocycles. The third kappa shape index (κ3) is 9.26. The highest BCUT2D eigenvalue weighted by Crippen LogP contribution is 2.05. The average molecular weight is 317 g/mol. The molecule has 0 saturated heterocycles. The molecule has 0 atom stereocenters. The van der Waals surface area contributed by atoms with Gasteiger partial charge in [0.15, 0.2) is 0 Å². The average Bonchev–Trinajstić information content (AvgIpc) is 2.06. The second kappa shape index (κ2) is 9.50. The van der Waals surface area contributed by atoms with Gasteiger partial charge in [-0.2, -0.15) is 0 Å². The summed E-state index contributed by atoms with van der Waals surface area (Å²) in [5.74, 6) is 0.752. The second-order valence-corrected chi connectivity index (χ2v) is 11.2. The molecule has 1 rings (SSSR count). The van der Waals surface area contributed by atoms with Crippen LogP contribution in [0.2, 0.25) is 0 Å². The van der Waals surface area contributed by atoms with E-state index in [2.05, 4.69) is 57.8 Å². The second-order valence-electron chi connectivity index (χ2n) is 3.11. The van der Waals surface area contributed by atoms with Crippen molar-refractivity contribution in [3.8, 4) is 0 Å². The molecule has 0 unspecified atom stereocenters. The smallest absolute Gasteiger partial charge is 0.280 e. The standard InChI is InChI=1S/C10H13.2BrH.Mg/c1-9(2)8-10-6-4-3-5-7-10;;;/h4-7,9H,8H2,1-2H3;2*1H;/q;;;+2/p-2. The van der Waals surface area contributed by atoms with Gasteiger partial charge < -0.3 is 0 Å². The van der Waals surface area contributed by atoms with Gasteiger partial charge in [0, 0.05) is 0 Å². The summed E-state index contributed by atoms with van der Waals surface area (Å²) in [6.45, 7) is 4.47. The van der Waals surface area contributed by atoms with E-state index in [4.69, 9.17) is 0 Å². The van der Waals surface area contributed by atoms with Crippen molar-refractivity contribution in [3.05, 3.63) is 35.9 Å². The molecule has 1 radical (unpaired) electrons. The largest absolute Gasteiger partial charge is 0.560 e. The molecule has 0 aliphatic carbocycles. The minimum Gasteiger partial charge on any atom is -0.280 e. The minimum atomic E-state index is 0.0417. The molecule has 0 N–H and O–H groups in total. The molecule has 0 saturated carbocycles. The fourth-order valence-electron chi connectivity index (χ4n) is 1.03. The van der Waals surface area contributed by atoms with Gasteiger partial charge in [-0.05, 0) is 24.0 Å². The van der Waals surface area contributed by atoms with Crippen LogP contribution in [0.4, 0.5) is 0 Å². The predicted octanol–water partition coefficient (Wildman–Crippen LogP) is 4.00. The first kappa shape index (κ1) is 13.9. The first-order valence-electron chi connectivity index (χ1n) is 4.27. The molecule has 13 heavy (non-hydrogen) atoms. The fraction of sp³-hybridized carbons (Fsp3) is 0.400. The lowest BCUT2D eigenvalue weighted by molar-refractivity contribution is 0.647. The summed E-state index contributed by atoms with van der Waals surface area (Å²) >= 11 is 6.44.